The van der Waals surface area contributed by atoms with E-state index in [1.807, 2.05) is 0 Å². The van der Waals surface area contributed by atoms with Gasteiger partial charge in [0.1, 0.15) is 12.3 Å². The number of carbonyl (C=O) groups excluding carboxylic acids is 1. The Morgan fingerprint density at radius 3 is 3.11 bits per heavy atom. The zero-order valence-corrected chi connectivity index (χ0v) is 10.2. The van der Waals surface area contributed by atoms with Crippen molar-refractivity contribution < 1.29 is 14.1 Å². The SMILES string of the molecule is COCc1nc(CNC(=O)c2cccn2C)no1. The summed E-state index contributed by atoms with van der Waals surface area (Å²) in [5, 5.41) is 6.43. The van der Waals surface area contributed by atoms with E-state index in [0.717, 1.165) is 0 Å². The normalized spacial score (nSPS) is 10.6. The molecular formula is C11H14N4O3. The van der Waals surface area contributed by atoms with Crippen LogP contribution in [0.2, 0.25) is 0 Å². The second-order valence-corrected chi connectivity index (χ2v) is 3.72. The zero-order chi connectivity index (χ0) is 13.0. The van der Waals surface area contributed by atoms with Gasteiger partial charge >= 0.3 is 0 Å². The summed E-state index contributed by atoms with van der Waals surface area (Å²) in [5.74, 6) is 0.630. The van der Waals surface area contributed by atoms with Crippen LogP contribution in [0.4, 0.5) is 0 Å². The van der Waals surface area contributed by atoms with E-state index in [1.54, 1.807) is 37.1 Å². The lowest BCUT2D eigenvalue weighted by Crippen LogP contribution is -2.25. The average Bonchev–Trinajstić information content (AvgIpc) is 2.96. The van der Waals surface area contributed by atoms with Gasteiger partial charge in [-0.05, 0) is 12.1 Å². The van der Waals surface area contributed by atoms with Crippen LogP contribution in [0, 0.1) is 0 Å². The molecule has 0 saturated carbocycles. The van der Waals surface area contributed by atoms with Crippen LogP contribution in [0.15, 0.2) is 22.9 Å². The Balaban J connectivity index is 1.91. The van der Waals surface area contributed by atoms with Gasteiger partial charge in [-0.3, -0.25) is 4.79 Å². The topological polar surface area (TPSA) is 82.2 Å². The minimum absolute atomic E-state index is 0.180. The first-order valence-corrected chi connectivity index (χ1v) is 5.40. The molecule has 7 nitrogen and oxygen atoms in total. The zero-order valence-electron chi connectivity index (χ0n) is 10.2. The molecule has 7 heteroatoms. The number of nitrogens with one attached hydrogen (secondary N) is 1. The van der Waals surface area contributed by atoms with E-state index in [4.69, 9.17) is 9.26 Å². The Kier molecular flexibility index (Phi) is 3.73. The Labute approximate surface area is 104 Å². The number of methoxy groups -OCH3 is 1. The Morgan fingerprint density at radius 2 is 2.44 bits per heavy atom. The molecule has 2 aromatic rings. The molecule has 0 bridgehead atoms. The van der Waals surface area contributed by atoms with Crippen molar-refractivity contribution in [1.29, 1.82) is 0 Å². The van der Waals surface area contributed by atoms with E-state index >= 15 is 0 Å². The highest BCUT2D eigenvalue weighted by Crippen LogP contribution is 2.01. The molecule has 0 unspecified atom stereocenters. The Bertz CT molecular complexity index is 532. The molecule has 0 aromatic carbocycles. The molecule has 0 saturated heterocycles. The lowest BCUT2D eigenvalue weighted by atomic mass is 10.4. The van der Waals surface area contributed by atoms with Crippen LogP contribution in [0.5, 0.6) is 0 Å². The van der Waals surface area contributed by atoms with Crippen LogP contribution in [-0.4, -0.2) is 27.7 Å². The second kappa shape index (κ2) is 5.46. The van der Waals surface area contributed by atoms with Gasteiger partial charge in [0, 0.05) is 20.4 Å². The fraction of sp³-hybridized carbons (Fsp3) is 0.364. The van der Waals surface area contributed by atoms with Gasteiger partial charge in [-0.15, -0.1) is 0 Å². The van der Waals surface area contributed by atoms with E-state index in [9.17, 15) is 4.79 Å². The van der Waals surface area contributed by atoms with Crippen molar-refractivity contribution in [2.24, 2.45) is 7.05 Å². The van der Waals surface area contributed by atoms with Gasteiger partial charge in [-0.1, -0.05) is 5.16 Å². The predicted molar refractivity (Wildman–Crippen MR) is 61.6 cm³/mol. The van der Waals surface area contributed by atoms with Crippen LogP contribution in [0.25, 0.3) is 0 Å². The molecule has 18 heavy (non-hydrogen) atoms. The summed E-state index contributed by atoms with van der Waals surface area (Å²) in [6.45, 7) is 0.482. The third-order valence-electron chi connectivity index (χ3n) is 2.36. The lowest BCUT2D eigenvalue weighted by molar-refractivity contribution is 0.0941. The summed E-state index contributed by atoms with van der Waals surface area (Å²) in [6.07, 6.45) is 1.81. The molecule has 2 aromatic heterocycles. The summed E-state index contributed by atoms with van der Waals surface area (Å²) in [4.78, 5) is 15.8. The summed E-state index contributed by atoms with van der Waals surface area (Å²) in [6, 6.07) is 3.54. The first kappa shape index (κ1) is 12.3. The standard InChI is InChI=1S/C11H14N4O3/c1-15-5-3-4-8(15)11(16)12-6-9-13-10(7-17-2)18-14-9/h3-5H,6-7H2,1-2H3,(H,12,16). The number of aryl methyl sites for hydroxylation is 1. The summed E-state index contributed by atoms with van der Waals surface area (Å²) < 4.78 is 11.5. The molecule has 0 atom stereocenters. The minimum Gasteiger partial charge on any atom is -0.375 e. The maximum absolute atomic E-state index is 11.8. The Morgan fingerprint density at radius 1 is 1.61 bits per heavy atom. The van der Waals surface area contributed by atoms with Gasteiger partial charge in [0.05, 0.1) is 6.54 Å². The lowest BCUT2D eigenvalue weighted by Gasteiger charge is -2.03. The fourth-order valence-corrected chi connectivity index (χ4v) is 1.49. The summed E-state index contributed by atoms with van der Waals surface area (Å²) >= 11 is 0. The first-order valence-electron chi connectivity index (χ1n) is 5.40. The van der Waals surface area contributed by atoms with Crippen LogP contribution < -0.4 is 5.32 Å². The molecule has 0 aliphatic rings. The summed E-state index contributed by atoms with van der Waals surface area (Å²) in [5.41, 5.74) is 0.579. The maximum Gasteiger partial charge on any atom is 0.268 e. The second-order valence-electron chi connectivity index (χ2n) is 3.72. The van der Waals surface area contributed by atoms with Crippen molar-refractivity contribution in [3.05, 3.63) is 35.7 Å². The molecule has 0 fully saturated rings. The van der Waals surface area contributed by atoms with Crippen LogP contribution in [0.3, 0.4) is 0 Å². The number of aromatic nitrogens is 3. The van der Waals surface area contributed by atoms with Crippen molar-refractivity contribution in [2.45, 2.75) is 13.2 Å². The van der Waals surface area contributed by atoms with E-state index in [0.29, 0.717) is 17.4 Å². The first-order chi connectivity index (χ1) is 8.70. The molecular weight excluding hydrogens is 236 g/mol. The highest BCUT2D eigenvalue weighted by Gasteiger charge is 2.11. The minimum atomic E-state index is -0.180. The number of hydrogen-bond donors (Lipinski definition) is 1. The third kappa shape index (κ3) is 2.75. The molecule has 2 heterocycles. The number of ether oxygens (including phenoxy) is 1. The number of hydrogen-bond acceptors (Lipinski definition) is 5. The van der Waals surface area contributed by atoms with E-state index < -0.39 is 0 Å². The van der Waals surface area contributed by atoms with Gasteiger partial charge in [-0.25, -0.2) is 0 Å². The van der Waals surface area contributed by atoms with E-state index in [1.165, 1.54) is 0 Å². The van der Waals surface area contributed by atoms with E-state index in [2.05, 4.69) is 15.5 Å². The maximum atomic E-state index is 11.8. The molecule has 0 radical (unpaired) electrons. The van der Waals surface area contributed by atoms with Gasteiger partial charge in [-0.2, -0.15) is 4.98 Å². The average molecular weight is 250 g/mol. The molecule has 1 N–H and O–H groups in total. The molecule has 0 aliphatic carbocycles. The molecule has 2 rings (SSSR count). The predicted octanol–water partition coefficient (Wildman–Crippen LogP) is 0.484. The molecule has 0 spiro atoms. The van der Waals surface area contributed by atoms with Gasteiger partial charge < -0.3 is 19.1 Å². The number of amides is 1. The van der Waals surface area contributed by atoms with Crippen molar-refractivity contribution in [2.75, 3.05) is 7.11 Å². The fourth-order valence-electron chi connectivity index (χ4n) is 1.49. The molecule has 0 aliphatic heterocycles. The van der Waals surface area contributed by atoms with Crippen LogP contribution >= 0.6 is 0 Å². The quantitative estimate of drug-likeness (QED) is 0.834. The van der Waals surface area contributed by atoms with Crippen LogP contribution in [-0.2, 0) is 24.9 Å². The van der Waals surface area contributed by atoms with Crippen LogP contribution in [0.1, 0.15) is 22.2 Å². The van der Waals surface area contributed by atoms with Crippen molar-refractivity contribution in [3.63, 3.8) is 0 Å². The number of nitrogens with zero attached hydrogens (tertiary/aromatic N) is 3. The number of rotatable bonds is 5. The van der Waals surface area contributed by atoms with Crippen molar-refractivity contribution in [1.82, 2.24) is 20.0 Å². The molecule has 96 valence electrons. The Hall–Kier alpha value is -2.15. The van der Waals surface area contributed by atoms with Gasteiger partial charge in [0.15, 0.2) is 5.82 Å². The van der Waals surface area contributed by atoms with Crippen molar-refractivity contribution >= 4 is 5.91 Å². The third-order valence-corrected chi connectivity index (χ3v) is 2.36. The largest absolute Gasteiger partial charge is 0.375 e. The van der Waals surface area contributed by atoms with Gasteiger partial charge in [0.2, 0.25) is 0 Å². The highest BCUT2D eigenvalue weighted by atomic mass is 16.5. The molecule has 1 amide bonds. The number of carbonyl (C=O) groups is 1. The van der Waals surface area contributed by atoms with E-state index in [-0.39, 0.29) is 19.1 Å². The summed E-state index contributed by atoms with van der Waals surface area (Å²) in [7, 11) is 3.35. The smallest absolute Gasteiger partial charge is 0.268 e. The van der Waals surface area contributed by atoms with Crippen molar-refractivity contribution in [3.8, 4) is 0 Å². The monoisotopic (exact) mass is 250 g/mol. The highest BCUT2D eigenvalue weighted by molar-refractivity contribution is 5.92. The van der Waals surface area contributed by atoms with Gasteiger partial charge in [0.25, 0.3) is 11.8 Å².